The molecule has 0 atom stereocenters. The first-order valence-corrected chi connectivity index (χ1v) is 3.66. The van der Waals surface area contributed by atoms with Crippen LogP contribution in [0.4, 0.5) is 0 Å². The predicted octanol–water partition coefficient (Wildman–Crippen LogP) is 0.940. The highest BCUT2D eigenvalue weighted by Gasteiger charge is 2.29. The Morgan fingerprint density at radius 3 is 3.17 bits per heavy atom. The van der Waals surface area contributed by atoms with Gasteiger partial charge in [-0.3, -0.25) is 0 Å². The summed E-state index contributed by atoms with van der Waals surface area (Å²) in [5, 5.41) is 0. The third kappa shape index (κ3) is 0.905. The van der Waals surface area contributed by atoms with Crippen LogP contribution < -0.4 is 0 Å². The van der Waals surface area contributed by atoms with Gasteiger partial charge >= 0.3 is 5.97 Å². The maximum Gasteiger partial charge on any atom is 0.342 e. The molecule has 1 aliphatic heterocycles. The third-order valence-corrected chi connectivity index (χ3v) is 1.84. The van der Waals surface area contributed by atoms with Crippen molar-refractivity contribution in [3.8, 4) is 0 Å². The first kappa shape index (κ1) is 7.31. The monoisotopic (exact) mass is 164 g/mol. The molecule has 0 aromatic heterocycles. The Bertz CT molecular complexity index is 321. The summed E-state index contributed by atoms with van der Waals surface area (Å²) in [5.74, 6) is 0.356. The fourth-order valence-corrected chi connectivity index (χ4v) is 1.29. The van der Waals surface area contributed by atoms with E-state index in [2.05, 4.69) is 0 Å². The van der Waals surface area contributed by atoms with E-state index in [0.29, 0.717) is 17.9 Å². The molecule has 3 nitrogen and oxygen atoms in total. The lowest BCUT2D eigenvalue weighted by Gasteiger charge is -1.95. The zero-order valence-electron chi connectivity index (χ0n) is 6.66. The van der Waals surface area contributed by atoms with Gasteiger partial charge in [0.2, 0.25) is 0 Å². The molecular formula is C9H8O3. The van der Waals surface area contributed by atoms with Crippen molar-refractivity contribution in [2.45, 2.75) is 0 Å². The van der Waals surface area contributed by atoms with Crippen molar-refractivity contribution in [2.24, 2.45) is 0 Å². The number of hydrogen-bond donors (Lipinski definition) is 0. The van der Waals surface area contributed by atoms with Crippen molar-refractivity contribution in [3.05, 3.63) is 35.1 Å². The van der Waals surface area contributed by atoms with Crippen LogP contribution in [0.15, 0.2) is 35.1 Å². The SMILES string of the molecule is COCC1=C2C=CC=C2OC1=O. The van der Waals surface area contributed by atoms with Gasteiger partial charge in [0.25, 0.3) is 0 Å². The fourth-order valence-electron chi connectivity index (χ4n) is 1.29. The number of carbonyl (C=O) groups excluding carboxylic acids is 1. The summed E-state index contributed by atoms with van der Waals surface area (Å²) in [4.78, 5) is 11.1. The van der Waals surface area contributed by atoms with Gasteiger partial charge < -0.3 is 9.47 Å². The predicted molar refractivity (Wildman–Crippen MR) is 42.2 cm³/mol. The standard InChI is InChI=1S/C9H8O3/c1-11-5-7-6-3-2-4-8(6)12-9(7)10/h2-4H,5H2,1H3. The lowest BCUT2D eigenvalue weighted by molar-refractivity contribution is -0.133. The fraction of sp³-hybridized carbons (Fsp3) is 0.222. The quantitative estimate of drug-likeness (QED) is 0.570. The molecule has 0 saturated heterocycles. The second-order valence-corrected chi connectivity index (χ2v) is 2.60. The number of ether oxygens (including phenoxy) is 2. The van der Waals surface area contributed by atoms with Crippen LogP contribution in [0, 0.1) is 0 Å². The van der Waals surface area contributed by atoms with Gasteiger partial charge in [0.05, 0.1) is 12.2 Å². The molecule has 0 saturated carbocycles. The highest BCUT2D eigenvalue weighted by molar-refractivity contribution is 5.96. The highest BCUT2D eigenvalue weighted by atomic mass is 16.5. The molecule has 0 unspecified atom stereocenters. The maximum absolute atomic E-state index is 11.1. The second kappa shape index (κ2) is 2.60. The molecule has 2 aliphatic rings. The molecule has 1 heterocycles. The zero-order valence-corrected chi connectivity index (χ0v) is 6.66. The van der Waals surface area contributed by atoms with Crippen LogP contribution in [0.5, 0.6) is 0 Å². The lowest BCUT2D eigenvalue weighted by Crippen LogP contribution is -2.04. The average molecular weight is 164 g/mol. The van der Waals surface area contributed by atoms with Crippen LogP contribution in [0.2, 0.25) is 0 Å². The Hall–Kier alpha value is -1.35. The number of carbonyl (C=O) groups is 1. The smallest absolute Gasteiger partial charge is 0.342 e. The molecule has 0 aromatic carbocycles. The number of hydrogen-bond acceptors (Lipinski definition) is 3. The average Bonchev–Trinajstić information content (AvgIpc) is 2.56. The Balaban J connectivity index is 2.38. The molecule has 0 bridgehead atoms. The van der Waals surface area contributed by atoms with Gasteiger partial charge in [0.15, 0.2) is 0 Å². The van der Waals surface area contributed by atoms with Gasteiger partial charge in [-0.05, 0) is 6.08 Å². The molecule has 62 valence electrons. The molecule has 1 aliphatic carbocycles. The molecule has 2 rings (SSSR count). The van der Waals surface area contributed by atoms with Crippen molar-refractivity contribution in [3.63, 3.8) is 0 Å². The minimum Gasteiger partial charge on any atom is -0.422 e. The van der Waals surface area contributed by atoms with Crippen molar-refractivity contribution in [1.29, 1.82) is 0 Å². The van der Waals surface area contributed by atoms with Gasteiger partial charge in [0.1, 0.15) is 5.76 Å². The molecule has 0 radical (unpaired) electrons. The number of methoxy groups -OCH3 is 1. The van der Waals surface area contributed by atoms with Crippen LogP contribution in [0.3, 0.4) is 0 Å². The van der Waals surface area contributed by atoms with Crippen LogP contribution in [-0.2, 0) is 14.3 Å². The van der Waals surface area contributed by atoms with E-state index in [-0.39, 0.29) is 5.97 Å². The second-order valence-electron chi connectivity index (χ2n) is 2.60. The summed E-state index contributed by atoms with van der Waals surface area (Å²) >= 11 is 0. The Morgan fingerprint density at radius 1 is 1.58 bits per heavy atom. The number of allylic oxidation sites excluding steroid dienone is 3. The number of fused-ring (bicyclic) bond motifs is 1. The third-order valence-electron chi connectivity index (χ3n) is 1.84. The van der Waals surface area contributed by atoms with Crippen LogP contribution in [-0.4, -0.2) is 19.7 Å². The van der Waals surface area contributed by atoms with Crippen molar-refractivity contribution >= 4 is 5.97 Å². The number of rotatable bonds is 2. The molecule has 0 aromatic rings. The Morgan fingerprint density at radius 2 is 2.42 bits per heavy atom. The van der Waals surface area contributed by atoms with Gasteiger partial charge in [0, 0.05) is 12.7 Å². The minimum atomic E-state index is -0.289. The summed E-state index contributed by atoms with van der Waals surface area (Å²) in [6.07, 6.45) is 5.48. The summed E-state index contributed by atoms with van der Waals surface area (Å²) in [7, 11) is 1.56. The molecule has 12 heavy (non-hydrogen) atoms. The number of esters is 1. The van der Waals surface area contributed by atoms with Gasteiger partial charge in [-0.25, -0.2) is 4.79 Å². The summed E-state index contributed by atoms with van der Waals surface area (Å²) in [6.45, 7) is 0.315. The summed E-state index contributed by atoms with van der Waals surface area (Å²) < 4.78 is 9.84. The molecule has 0 N–H and O–H groups in total. The van der Waals surface area contributed by atoms with Crippen molar-refractivity contribution in [1.82, 2.24) is 0 Å². The summed E-state index contributed by atoms with van der Waals surface area (Å²) in [6, 6.07) is 0. The maximum atomic E-state index is 11.1. The van der Waals surface area contributed by atoms with Crippen LogP contribution in [0.25, 0.3) is 0 Å². The molecule has 0 amide bonds. The lowest BCUT2D eigenvalue weighted by atomic mass is 10.1. The Labute approximate surface area is 70.0 Å². The molecular weight excluding hydrogens is 156 g/mol. The molecule has 0 fully saturated rings. The Kier molecular flexibility index (Phi) is 1.59. The first-order valence-electron chi connectivity index (χ1n) is 3.66. The molecule has 3 heteroatoms. The minimum absolute atomic E-state index is 0.289. The first-order chi connectivity index (χ1) is 5.83. The van der Waals surface area contributed by atoms with Gasteiger partial charge in [-0.2, -0.15) is 0 Å². The van der Waals surface area contributed by atoms with E-state index in [4.69, 9.17) is 9.47 Å². The highest BCUT2D eigenvalue weighted by Crippen LogP contribution is 2.30. The van der Waals surface area contributed by atoms with Gasteiger partial charge in [-0.15, -0.1) is 0 Å². The van der Waals surface area contributed by atoms with E-state index >= 15 is 0 Å². The topological polar surface area (TPSA) is 35.5 Å². The van der Waals surface area contributed by atoms with E-state index in [9.17, 15) is 4.79 Å². The van der Waals surface area contributed by atoms with Gasteiger partial charge in [-0.1, -0.05) is 12.2 Å². The van der Waals surface area contributed by atoms with E-state index < -0.39 is 0 Å². The van der Waals surface area contributed by atoms with Crippen LogP contribution >= 0.6 is 0 Å². The van der Waals surface area contributed by atoms with E-state index in [1.807, 2.05) is 12.2 Å². The zero-order chi connectivity index (χ0) is 8.55. The summed E-state index contributed by atoms with van der Waals surface area (Å²) in [5.41, 5.74) is 1.47. The van der Waals surface area contributed by atoms with Crippen LogP contribution in [0.1, 0.15) is 0 Å². The van der Waals surface area contributed by atoms with E-state index in [1.165, 1.54) is 0 Å². The van der Waals surface area contributed by atoms with E-state index in [1.54, 1.807) is 13.2 Å². The normalized spacial score (nSPS) is 19.8. The molecule has 0 spiro atoms. The largest absolute Gasteiger partial charge is 0.422 e. The van der Waals surface area contributed by atoms with E-state index in [0.717, 1.165) is 5.57 Å². The van der Waals surface area contributed by atoms with Crippen molar-refractivity contribution in [2.75, 3.05) is 13.7 Å². The van der Waals surface area contributed by atoms with Crippen molar-refractivity contribution < 1.29 is 14.3 Å².